The first-order valence-electron chi connectivity index (χ1n) is 5.50. The van der Waals surface area contributed by atoms with E-state index in [1.165, 1.54) is 18.2 Å². The van der Waals surface area contributed by atoms with Gasteiger partial charge in [-0.25, -0.2) is 18.0 Å². The number of para-hydroxylation sites is 1. The fourth-order valence-corrected chi connectivity index (χ4v) is 1.55. The Morgan fingerprint density at radius 3 is 2.45 bits per heavy atom. The van der Waals surface area contributed by atoms with Crippen LogP contribution in [0.5, 0.6) is 0 Å². The smallest absolute Gasteiger partial charge is 0.337 e. The molecule has 0 fully saturated rings. The zero-order valence-corrected chi connectivity index (χ0v) is 9.98. The molecule has 2 aromatic carbocycles. The van der Waals surface area contributed by atoms with Crippen molar-refractivity contribution in [1.29, 1.82) is 0 Å². The zero-order valence-electron chi connectivity index (χ0n) is 9.98. The Bertz CT molecular complexity index is 699. The number of hydrogen-bond donors (Lipinski definition) is 1. The molecule has 0 aliphatic rings. The minimum Gasteiger partial charge on any atom is -0.478 e. The minimum atomic E-state index is -1.60. The van der Waals surface area contributed by atoms with E-state index in [1.807, 2.05) is 0 Å². The molecule has 0 spiro atoms. The lowest BCUT2D eigenvalue weighted by molar-refractivity contribution is 0.0698. The largest absolute Gasteiger partial charge is 0.478 e. The maximum absolute atomic E-state index is 13.4. The summed E-state index contributed by atoms with van der Waals surface area (Å²) in [4.78, 5) is 14.7. The van der Waals surface area contributed by atoms with E-state index in [0.29, 0.717) is 0 Å². The monoisotopic (exact) mass is 279 g/mol. The van der Waals surface area contributed by atoms with Gasteiger partial charge in [-0.15, -0.1) is 0 Å². The van der Waals surface area contributed by atoms with E-state index in [9.17, 15) is 18.0 Å². The minimum absolute atomic E-state index is 0.0771. The topological polar surface area (TPSA) is 49.7 Å². The van der Waals surface area contributed by atoms with Gasteiger partial charge in [0.1, 0.15) is 0 Å². The molecule has 3 nitrogen and oxygen atoms in total. The summed E-state index contributed by atoms with van der Waals surface area (Å²) in [5.74, 6) is -5.46. The first-order chi connectivity index (χ1) is 9.50. The van der Waals surface area contributed by atoms with E-state index in [2.05, 4.69) is 4.99 Å². The van der Waals surface area contributed by atoms with Crippen molar-refractivity contribution in [1.82, 2.24) is 0 Å². The number of benzene rings is 2. The Morgan fingerprint density at radius 2 is 1.75 bits per heavy atom. The second kappa shape index (κ2) is 5.56. The maximum atomic E-state index is 13.4. The van der Waals surface area contributed by atoms with Crippen LogP contribution in [0.3, 0.4) is 0 Å². The highest BCUT2D eigenvalue weighted by atomic mass is 19.2. The molecule has 0 aliphatic heterocycles. The van der Waals surface area contributed by atoms with Gasteiger partial charge in [-0.1, -0.05) is 12.1 Å². The number of aliphatic imine (C=N–C) groups is 1. The Labute approximate surface area is 112 Å². The molecule has 0 radical (unpaired) electrons. The van der Waals surface area contributed by atoms with Crippen molar-refractivity contribution in [2.45, 2.75) is 0 Å². The van der Waals surface area contributed by atoms with Crippen molar-refractivity contribution in [3.63, 3.8) is 0 Å². The van der Waals surface area contributed by atoms with Gasteiger partial charge in [0.15, 0.2) is 17.5 Å². The van der Waals surface area contributed by atoms with Gasteiger partial charge < -0.3 is 5.11 Å². The number of halogens is 3. The van der Waals surface area contributed by atoms with Crippen LogP contribution in [0.1, 0.15) is 15.9 Å². The number of hydrogen-bond acceptors (Lipinski definition) is 2. The first-order valence-corrected chi connectivity index (χ1v) is 5.50. The lowest BCUT2D eigenvalue weighted by Crippen LogP contribution is -1.98. The summed E-state index contributed by atoms with van der Waals surface area (Å²) in [5, 5.41) is 8.94. The van der Waals surface area contributed by atoms with Crippen LogP contribution < -0.4 is 0 Å². The van der Waals surface area contributed by atoms with Crippen LogP contribution >= 0.6 is 0 Å². The lowest BCUT2D eigenvalue weighted by atomic mass is 10.2. The molecule has 0 saturated carbocycles. The van der Waals surface area contributed by atoms with Crippen molar-refractivity contribution < 1.29 is 23.1 Å². The van der Waals surface area contributed by atoms with Crippen LogP contribution in [0, 0.1) is 17.5 Å². The van der Waals surface area contributed by atoms with Gasteiger partial charge in [-0.3, -0.25) is 4.99 Å². The normalized spacial score (nSPS) is 10.9. The molecule has 1 N–H and O–H groups in total. The van der Waals surface area contributed by atoms with Crippen molar-refractivity contribution >= 4 is 17.9 Å². The highest BCUT2D eigenvalue weighted by Gasteiger charge is 2.12. The van der Waals surface area contributed by atoms with Gasteiger partial charge in [-0.05, 0) is 24.3 Å². The molecular formula is C14H8F3NO2. The average Bonchev–Trinajstić information content (AvgIpc) is 2.44. The standard InChI is InChI=1S/C14H8F3NO2/c15-10-6-5-8(12(16)13(10)17)7-18-11-4-2-1-3-9(11)14(19)20/h1-7H,(H,19,20). The van der Waals surface area contributed by atoms with E-state index < -0.39 is 23.4 Å². The van der Waals surface area contributed by atoms with E-state index in [1.54, 1.807) is 6.07 Å². The van der Waals surface area contributed by atoms with Crippen LogP contribution in [0.25, 0.3) is 0 Å². The molecule has 0 aliphatic carbocycles. The fraction of sp³-hybridized carbons (Fsp3) is 0. The summed E-state index contributed by atoms with van der Waals surface area (Å²) in [5.41, 5.74) is -0.264. The molecule has 6 heteroatoms. The highest BCUT2D eigenvalue weighted by molar-refractivity contribution is 5.95. The molecule has 2 rings (SSSR count). The maximum Gasteiger partial charge on any atom is 0.337 e. The predicted octanol–water partition coefficient (Wildman–Crippen LogP) is 3.55. The third-order valence-corrected chi connectivity index (χ3v) is 2.54. The first kappa shape index (κ1) is 13.8. The van der Waals surface area contributed by atoms with E-state index in [4.69, 9.17) is 5.11 Å². The number of carbonyl (C=O) groups is 1. The van der Waals surface area contributed by atoms with Crippen molar-refractivity contribution in [2.75, 3.05) is 0 Å². The fourth-order valence-electron chi connectivity index (χ4n) is 1.55. The van der Waals surface area contributed by atoms with Gasteiger partial charge in [0, 0.05) is 11.8 Å². The SMILES string of the molecule is O=C(O)c1ccccc1N=Cc1ccc(F)c(F)c1F. The second-order valence-corrected chi connectivity index (χ2v) is 3.85. The van der Waals surface area contributed by atoms with E-state index in [-0.39, 0.29) is 16.8 Å². The third kappa shape index (κ3) is 2.69. The number of carboxylic acid groups (broad SMARTS) is 1. The Morgan fingerprint density at radius 1 is 1.05 bits per heavy atom. The second-order valence-electron chi connectivity index (χ2n) is 3.85. The van der Waals surface area contributed by atoms with Crippen LogP contribution in [0.15, 0.2) is 41.4 Å². The van der Waals surface area contributed by atoms with Crippen molar-refractivity contribution in [3.05, 3.63) is 65.0 Å². The van der Waals surface area contributed by atoms with Crippen molar-refractivity contribution in [2.24, 2.45) is 4.99 Å². The highest BCUT2D eigenvalue weighted by Crippen LogP contribution is 2.19. The summed E-state index contributed by atoms with van der Waals surface area (Å²) in [7, 11) is 0. The molecule has 0 atom stereocenters. The quantitative estimate of drug-likeness (QED) is 0.690. The molecule has 0 amide bonds. The van der Waals surface area contributed by atoms with E-state index in [0.717, 1.165) is 18.3 Å². The zero-order chi connectivity index (χ0) is 14.7. The van der Waals surface area contributed by atoms with Gasteiger partial charge >= 0.3 is 5.97 Å². The molecule has 0 saturated heterocycles. The van der Waals surface area contributed by atoms with Crippen LogP contribution in [-0.2, 0) is 0 Å². The number of aromatic carboxylic acids is 1. The average molecular weight is 279 g/mol. The molecule has 0 unspecified atom stereocenters. The summed E-state index contributed by atoms with van der Waals surface area (Å²) >= 11 is 0. The van der Waals surface area contributed by atoms with Crippen LogP contribution in [-0.4, -0.2) is 17.3 Å². The molecule has 2 aromatic rings. The molecule has 0 aromatic heterocycles. The van der Waals surface area contributed by atoms with Gasteiger partial charge in [0.25, 0.3) is 0 Å². The molecule has 0 heterocycles. The van der Waals surface area contributed by atoms with Gasteiger partial charge in [0.05, 0.1) is 11.3 Å². The molecule has 102 valence electrons. The van der Waals surface area contributed by atoms with Crippen molar-refractivity contribution in [3.8, 4) is 0 Å². The summed E-state index contributed by atoms with van der Waals surface area (Å²) in [6.45, 7) is 0. The molecule has 0 bridgehead atoms. The molecular weight excluding hydrogens is 271 g/mol. The predicted molar refractivity (Wildman–Crippen MR) is 67.0 cm³/mol. The Hall–Kier alpha value is -2.63. The molecule has 20 heavy (non-hydrogen) atoms. The number of carboxylic acids is 1. The number of nitrogens with zero attached hydrogens (tertiary/aromatic N) is 1. The number of rotatable bonds is 3. The van der Waals surface area contributed by atoms with Crippen LogP contribution in [0.4, 0.5) is 18.9 Å². The summed E-state index contributed by atoms with van der Waals surface area (Å²) in [6, 6.07) is 7.60. The van der Waals surface area contributed by atoms with E-state index >= 15 is 0 Å². The van der Waals surface area contributed by atoms with Crippen LogP contribution in [0.2, 0.25) is 0 Å². The third-order valence-electron chi connectivity index (χ3n) is 2.54. The Kier molecular flexibility index (Phi) is 3.84. The van der Waals surface area contributed by atoms with Gasteiger partial charge in [-0.2, -0.15) is 0 Å². The Balaban J connectivity index is 2.40. The summed E-state index contributed by atoms with van der Waals surface area (Å²) in [6.07, 6.45) is 0.944. The summed E-state index contributed by atoms with van der Waals surface area (Å²) < 4.78 is 39.2. The van der Waals surface area contributed by atoms with Gasteiger partial charge in [0.2, 0.25) is 0 Å². The lowest BCUT2D eigenvalue weighted by Gasteiger charge is -2.01.